The number of carboxylic acid groups (broad SMARTS) is 1. The van der Waals surface area contributed by atoms with Crippen LogP contribution in [0.4, 0.5) is 0 Å². The largest absolute Gasteiger partial charge is 0.481 e. The molecule has 0 aliphatic heterocycles. The molecule has 5 N–H and O–H groups in total. The van der Waals surface area contributed by atoms with E-state index in [4.69, 9.17) is 5.73 Å². The van der Waals surface area contributed by atoms with Crippen LogP contribution in [0, 0.1) is 5.41 Å². The maximum Gasteiger partial charge on any atom is 0.306 e. The predicted octanol–water partition coefficient (Wildman–Crippen LogP) is 3.21. The first kappa shape index (κ1) is 27.2. The van der Waals surface area contributed by atoms with Crippen molar-refractivity contribution in [3.05, 3.63) is 72.6 Å². The van der Waals surface area contributed by atoms with E-state index >= 15 is 0 Å². The molecule has 0 bridgehead atoms. The number of benzene rings is 2. The Morgan fingerprint density at radius 1 is 0.865 bits per heavy atom. The number of nitrogens with two attached hydrogens (primary N) is 1. The van der Waals surface area contributed by atoms with Gasteiger partial charge in [-0.25, -0.2) is 0 Å². The number of hydrogen-bond donors (Lipinski definition) is 4. The van der Waals surface area contributed by atoms with E-state index in [2.05, 4.69) is 10.6 Å². The molecule has 1 aromatic heterocycles. The summed E-state index contributed by atoms with van der Waals surface area (Å²) in [5.41, 5.74) is 8.72. The van der Waals surface area contributed by atoms with Crippen molar-refractivity contribution in [2.75, 3.05) is 7.05 Å². The lowest BCUT2D eigenvalue weighted by Crippen LogP contribution is -2.54. The van der Waals surface area contributed by atoms with Crippen molar-refractivity contribution in [2.45, 2.75) is 39.3 Å². The van der Waals surface area contributed by atoms with Gasteiger partial charge in [-0.05, 0) is 45.9 Å². The monoisotopic (exact) mass is 504 g/mol. The van der Waals surface area contributed by atoms with Gasteiger partial charge in [-0.1, -0.05) is 57.2 Å². The number of amides is 3. The third kappa shape index (κ3) is 6.63. The van der Waals surface area contributed by atoms with Crippen LogP contribution in [0.15, 0.2) is 67.0 Å². The predicted molar refractivity (Wildman–Crippen MR) is 141 cm³/mol. The van der Waals surface area contributed by atoms with Gasteiger partial charge in [-0.3, -0.25) is 19.2 Å². The lowest BCUT2D eigenvalue weighted by Gasteiger charge is -2.31. The topological polar surface area (TPSA) is 144 Å². The fraction of sp³-hybridized carbons (Fsp3) is 0.286. The fourth-order valence-corrected chi connectivity index (χ4v) is 4.02. The van der Waals surface area contributed by atoms with Crippen LogP contribution in [0.25, 0.3) is 22.3 Å². The molecular weight excluding hydrogens is 472 g/mol. The van der Waals surface area contributed by atoms with E-state index in [-0.39, 0.29) is 5.91 Å². The Bertz CT molecular complexity index is 1290. The molecule has 0 spiro atoms. The van der Waals surface area contributed by atoms with Crippen LogP contribution in [0.2, 0.25) is 0 Å². The van der Waals surface area contributed by atoms with Crippen molar-refractivity contribution in [2.24, 2.45) is 11.1 Å². The molecule has 0 unspecified atom stereocenters. The molecule has 37 heavy (non-hydrogen) atoms. The zero-order chi connectivity index (χ0) is 27.3. The van der Waals surface area contributed by atoms with Crippen molar-refractivity contribution >= 4 is 23.7 Å². The number of likely N-dealkylation sites (N-methyl/N-ethyl adjacent to an activating group) is 1. The van der Waals surface area contributed by atoms with Gasteiger partial charge in [0.05, 0.1) is 6.42 Å². The maximum atomic E-state index is 13.2. The number of nitrogens with one attached hydrogen (secondary N) is 2. The van der Waals surface area contributed by atoms with E-state index in [1.807, 2.05) is 57.2 Å². The average molecular weight is 505 g/mol. The number of carboxylic acids is 1. The summed E-state index contributed by atoms with van der Waals surface area (Å²) in [6.45, 7) is 5.47. The first-order valence-corrected chi connectivity index (χ1v) is 11.8. The third-order valence-electron chi connectivity index (χ3n) is 6.13. The van der Waals surface area contributed by atoms with Crippen LogP contribution in [-0.4, -0.2) is 46.5 Å². The third-order valence-corrected chi connectivity index (χ3v) is 6.13. The van der Waals surface area contributed by atoms with Gasteiger partial charge in [-0.2, -0.15) is 0 Å². The van der Waals surface area contributed by atoms with Gasteiger partial charge < -0.3 is 26.0 Å². The number of hydrogen-bond acceptors (Lipinski definition) is 4. The average Bonchev–Trinajstić information content (AvgIpc) is 3.34. The summed E-state index contributed by atoms with van der Waals surface area (Å²) < 4.78 is 1.55. The second-order valence-electron chi connectivity index (χ2n) is 9.90. The van der Waals surface area contributed by atoms with Crippen LogP contribution in [0.5, 0.6) is 0 Å². The number of carbonyl (C=O) groups is 4. The van der Waals surface area contributed by atoms with Gasteiger partial charge in [0.2, 0.25) is 17.7 Å². The van der Waals surface area contributed by atoms with Gasteiger partial charge in [-0.15, -0.1) is 0 Å². The molecule has 9 heteroatoms. The molecule has 194 valence electrons. The van der Waals surface area contributed by atoms with Crippen molar-refractivity contribution in [1.29, 1.82) is 0 Å². The van der Waals surface area contributed by atoms with E-state index in [9.17, 15) is 24.3 Å². The van der Waals surface area contributed by atoms with Crippen molar-refractivity contribution in [1.82, 2.24) is 15.2 Å². The van der Waals surface area contributed by atoms with Crippen LogP contribution in [-0.2, 0) is 14.4 Å². The Hall–Kier alpha value is -4.40. The minimum Gasteiger partial charge on any atom is -0.481 e. The highest BCUT2D eigenvalue weighted by Gasteiger charge is 2.35. The summed E-state index contributed by atoms with van der Waals surface area (Å²) >= 11 is 0. The van der Waals surface area contributed by atoms with E-state index in [0.717, 1.165) is 22.3 Å². The molecule has 3 amide bonds. The number of aromatic nitrogens is 1. The second kappa shape index (κ2) is 11.1. The van der Waals surface area contributed by atoms with Crippen molar-refractivity contribution < 1.29 is 24.3 Å². The fourth-order valence-electron chi connectivity index (χ4n) is 4.02. The van der Waals surface area contributed by atoms with Crippen LogP contribution in [0.1, 0.15) is 43.6 Å². The molecular formula is C28H32N4O5. The molecule has 0 aliphatic rings. The molecule has 0 fully saturated rings. The SMILES string of the molecule is CNC(=O)[C@@H](NC(=O)[C@@H](CC(=O)O)n1ccc(-c2ccc(-c3ccc(C(N)=O)cc3)cc2)c1)C(C)(C)C. The number of nitrogens with zero attached hydrogens (tertiary/aromatic N) is 1. The first-order valence-electron chi connectivity index (χ1n) is 11.8. The van der Waals surface area contributed by atoms with Crippen molar-refractivity contribution in [3.8, 4) is 22.3 Å². The number of rotatable bonds is 9. The Morgan fingerprint density at radius 3 is 1.84 bits per heavy atom. The quantitative estimate of drug-likeness (QED) is 0.354. The molecule has 1 heterocycles. The van der Waals surface area contributed by atoms with E-state index in [1.54, 1.807) is 35.2 Å². The van der Waals surface area contributed by atoms with Gasteiger partial charge in [0, 0.05) is 25.0 Å². The van der Waals surface area contributed by atoms with Gasteiger partial charge in [0.25, 0.3) is 0 Å². The Balaban J connectivity index is 1.83. The summed E-state index contributed by atoms with van der Waals surface area (Å²) in [5.74, 6) is -2.52. The van der Waals surface area contributed by atoms with Crippen molar-refractivity contribution in [3.63, 3.8) is 0 Å². The van der Waals surface area contributed by atoms with Crippen LogP contribution < -0.4 is 16.4 Å². The molecule has 2 atom stereocenters. The zero-order valence-electron chi connectivity index (χ0n) is 21.3. The summed E-state index contributed by atoms with van der Waals surface area (Å²) in [4.78, 5) is 48.4. The maximum absolute atomic E-state index is 13.2. The molecule has 2 aromatic carbocycles. The molecule has 0 saturated heterocycles. The summed E-state index contributed by atoms with van der Waals surface area (Å²) in [6.07, 6.45) is 2.94. The highest BCUT2D eigenvalue weighted by Crippen LogP contribution is 2.27. The standard InChI is InChI=1S/C28H32N4O5/c1-28(2,3)24(27(37)30-4)31-26(36)22(15-23(33)34)32-14-13-21(16-32)19-7-5-17(6-8-19)18-9-11-20(12-10-18)25(29)35/h5-14,16,22,24H,15H2,1-4H3,(H2,29,35)(H,30,37)(H,31,36)(H,33,34)/t22-,24-/m1/s1. The zero-order valence-corrected chi connectivity index (χ0v) is 21.3. The molecule has 0 radical (unpaired) electrons. The smallest absolute Gasteiger partial charge is 0.306 e. The van der Waals surface area contributed by atoms with Gasteiger partial charge >= 0.3 is 5.97 Å². The molecule has 3 rings (SSSR count). The van der Waals surface area contributed by atoms with Crippen LogP contribution in [0.3, 0.4) is 0 Å². The number of carbonyl (C=O) groups excluding carboxylic acids is 3. The summed E-state index contributed by atoms with van der Waals surface area (Å²) in [5, 5.41) is 14.7. The molecule has 3 aromatic rings. The molecule has 0 aliphatic carbocycles. The summed E-state index contributed by atoms with van der Waals surface area (Å²) in [6, 6.07) is 14.6. The van der Waals surface area contributed by atoms with E-state index < -0.39 is 41.7 Å². The second-order valence-corrected chi connectivity index (χ2v) is 9.90. The highest BCUT2D eigenvalue weighted by atomic mass is 16.4. The minimum absolute atomic E-state index is 0.354. The Morgan fingerprint density at radius 2 is 1.38 bits per heavy atom. The van der Waals surface area contributed by atoms with E-state index in [1.165, 1.54) is 7.05 Å². The number of aliphatic carboxylic acids is 1. The van der Waals surface area contributed by atoms with Gasteiger partial charge in [0.1, 0.15) is 12.1 Å². The summed E-state index contributed by atoms with van der Waals surface area (Å²) in [7, 11) is 1.49. The molecule has 0 saturated carbocycles. The minimum atomic E-state index is -1.13. The van der Waals surface area contributed by atoms with Gasteiger partial charge in [0.15, 0.2) is 0 Å². The lowest BCUT2D eigenvalue weighted by molar-refractivity contribution is -0.141. The normalized spacial score (nSPS) is 12.9. The van der Waals surface area contributed by atoms with E-state index in [0.29, 0.717) is 5.56 Å². The number of primary amides is 1. The molecule has 9 nitrogen and oxygen atoms in total. The first-order chi connectivity index (χ1) is 17.4. The Labute approximate surface area is 215 Å². The lowest BCUT2D eigenvalue weighted by atomic mass is 9.86. The Kier molecular flexibility index (Phi) is 8.17. The highest BCUT2D eigenvalue weighted by molar-refractivity contribution is 5.93. The van der Waals surface area contributed by atoms with Crippen LogP contribution >= 0.6 is 0 Å².